The molecule has 0 aliphatic heterocycles. The fourth-order valence-corrected chi connectivity index (χ4v) is 3.44. The van der Waals surface area contributed by atoms with Crippen LogP contribution in [-0.4, -0.2) is 58.4 Å². The van der Waals surface area contributed by atoms with E-state index in [1.54, 1.807) is 13.1 Å². The van der Waals surface area contributed by atoms with E-state index in [2.05, 4.69) is 5.32 Å². The maximum absolute atomic E-state index is 12.7. The molecule has 0 saturated carbocycles. The summed E-state index contributed by atoms with van der Waals surface area (Å²) in [5, 5.41) is 2.96. The Morgan fingerprint density at radius 3 is 2.43 bits per heavy atom. The predicted octanol–water partition coefficient (Wildman–Crippen LogP) is 1.21. The molecular formula is C14H27N3O3S. The van der Waals surface area contributed by atoms with Gasteiger partial charge in [0.2, 0.25) is 5.09 Å². The van der Waals surface area contributed by atoms with E-state index in [1.165, 1.54) is 10.4 Å². The Labute approximate surface area is 128 Å². The summed E-state index contributed by atoms with van der Waals surface area (Å²) >= 11 is 0. The highest BCUT2D eigenvalue weighted by atomic mass is 32.2. The van der Waals surface area contributed by atoms with Crippen molar-refractivity contribution in [2.45, 2.75) is 25.5 Å². The second kappa shape index (κ2) is 7.93. The Bertz CT molecular complexity index is 523. The molecule has 1 heterocycles. The van der Waals surface area contributed by atoms with Gasteiger partial charge in [-0.2, -0.15) is 4.31 Å². The van der Waals surface area contributed by atoms with Gasteiger partial charge in [-0.1, -0.05) is 13.8 Å². The lowest BCUT2D eigenvalue weighted by atomic mass is 10.2. The van der Waals surface area contributed by atoms with Gasteiger partial charge in [0.25, 0.3) is 10.0 Å². The number of nitrogens with one attached hydrogen (secondary N) is 1. The first-order valence-corrected chi connectivity index (χ1v) is 8.59. The lowest BCUT2D eigenvalue weighted by Crippen LogP contribution is -2.38. The molecule has 0 saturated heterocycles. The fraction of sp³-hybridized carbons (Fsp3) is 0.714. The second-order valence-electron chi connectivity index (χ2n) is 5.81. The minimum atomic E-state index is -3.58. The normalized spacial score (nSPS) is 12.8. The molecule has 21 heavy (non-hydrogen) atoms. The number of rotatable bonds is 9. The Kier molecular flexibility index (Phi) is 6.86. The van der Waals surface area contributed by atoms with Crippen molar-refractivity contribution in [3.05, 3.63) is 17.9 Å². The Hall–Kier alpha value is -0.890. The summed E-state index contributed by atoms with van der Waals surface area (Å²) in [5.74, 6) is 0.877. The summed E-state index contributed by atoms with van der Waals surface area (Å²) in [4.78, 5) is 1.97. The third-order valence-electron chi connectivity index (χ3n) is 2.95. The number of nitrogens with zero attached hydrogens (tertiary/aromatic N) is 2. The third-order valence-corrected chi connectivity index (χ3v) is 4.69. The van der Waals surface area contributed by atoms with Crippen molar-refractivity contribution in [2.24, 2.45) is 5.92 Å². The quantitative estimate of drug-likeness (QED) is 0.741. The van der Waals surface area contributed by atoms with Crippen molar-refractivity contribution in [1.29, 1.82) is 0 Å². The number of furan rings is 1. The van der Waals surface area contributed by atoms with Gasteiger partial charge in [0.05, 0.1) is 6.54 Å². The van der Waals surface area contributed by atoms with Crippen molar-refractivity contribution in [3.63, 3.8) is 0 Å². The van der Waals surface area contributed by atoms with Crippen molar-refractivity contribution >= 4 is 10.0 Å². The van der Waals surface area contributed by atoms with E-state index in [4.69, 9.17) is 4.42 Å². The first-order chi connectivity index (χ1) is 9.77. The molecular weight excluding hydrogens is 290 g/mol. The molecule has 0 atom stereocenters. The van der Waals surface area contributed by atoms with Crippen LogP contribution in [0.25, 0.3) is 0 Å². The zero-order chi connectivity index (χ0) is 16.0. The summed E-state index contributed by atoms with van der Waals surface area (Å²) in [7, 11) is 2.07. The van der Waals surface area contributed by atoms with E-state index in [0.717, 1.165) is 0 Å². The largest absolute Gasteiger partial charge is 0.447 e. The van der Waals surface area contributed by atoms with Gasteiger partial charge in [0.1, 0.15) is 5.76 Å². The van der Waals surface area contributed by atoms with Gasteiger partial charge in [-0.25, -0.2) is 8.42 Å². The van der Waals surface area contributed by atoms with E-state index in [-0.39, 0.29) is 11.0 Å². The Morgan fingerprint density at radius 1 is 1.24 bits per heavy atom. The van der Waals surface area contributed by atoms with Crippen LogP contribution in [0.2, 0.25) is 0 Å². The molecule has 1 N–H and O–H groups in total. The van der Waals surface area contributed by atoms with Crippen LogP contribution in [0.3, 0.4) is 0 Å². The molecule has 0 aliphatic rings. The van der Waals surface area contributed by atoms with Crippen molar-refractivity contribution < 1.29 is 12.8 Å². The van der Waals surface area contributed by atoms with Crippen LogP contribution >= 0.6 is 0 Å². The molecule has 0 spiro atoms. The maximum atomic E-state index is 12.7. The minimum Gasteiger partial charge on any atom is -0.447 e. The van der Waals surface area contributed by atoms with E-state index in [0.29, 0.717) is 31.9 Å². The number of likely N-dealkylation sites (N-methyl/N-ethyl adjacent to an activating group) is 1. The van der Waals surface area contributed by atoms with Gasteiger partial charge in [-0.15, -0.1) is 0 Å². The molecule has 0 aromatic carbocycles. The van der Waals surface area contributed by atoms with Gasteiger partial charge in [0.15, 0.2) is 0 Å². The van der Waals surface area contributed by atoms with Crippen LogP contribution in [-0.2, 0) is 16.6 Å². The van der Waals surface area contributed by atoms with Crippen LogP contribution in [0.5, 0.6) is 0 Å². The first-order valence-electron chi connectivity index (χ1n) is 7.15. The fourth-order valence-electron chi connectivity index (χ4n) is 1.92. The molecule has 0 amide bonds. The minimum absolute atomic E-state index is 0.0205. The lowest BCUT2D eigenvalue weighted by molar-refractivity contribution is 0.303. The van der Waals surface area contributed by atoms with Crippen LogP contribution in [0.1, 0.15) is 19.6 Å². The van der Waals surface area contributed by atoms with Gasteiger partial charge in [-0.05, 0) is 39.2 Å². The van der Waals surface area contributed by atoms with Crippen LogP contribution in [0.15, 0.2) is 21.6 Å². The zero-order valence-corrected chi connectivity index (χ0v) is 14.4. The molecule has 0 unspecified atom stereocenters. The highest BCUT2D eigenvalue weighted by molar-refractivity contribution is 7.89. The van der Waals surface area contributed by atoms with Crippen LogP contribution < -0.4 is 5.32 Å². The molecule has 6 nitrogen and oxygen atoms in total. The average molecular weight is 317 g/mol. The van der Waals surface area contributed by atoms with E-state index in [9.17, 15) is 8.42 Å². The molecule has 1 rings (SSSR count). The molecule has 7 heteroatoms. The smallest absolute Gasteiger partial charge is 0.276 e. The van der Waals surface area contributed by atoms with Gasteiger partial charge >= 0.3 is 0 Å². The van der Waals surface area contributed by atoms with E-state index < -0.39 is 10.0 Å². The third kappa shape index (κ3) is 5.43. The molecule has 0 bridgehead atoms. The van der Waals surface area contributed by atoms with Gasteiger partial charge in [0, 0.05) is 19.6 Å². The molecule has 0 radical (unpaired) electrons. The highest BCUT2D eigenvalue weighted by Gasteiger charge is 2.28. The summed E-state index contributed by atoms with van der Waals surface area (Å²) in [6.07, 6.45) is 0. The Balaban J connectivity index is 2.95. The summed E-state index contributed by atoms with van der Waals surface area (Å²) in [6.45, 7) is 6.14. The molecule has 0 aliphatic carbocycles. The van der Waals surface area contributed by atoms with Gasteiger partial charge < -0.3 is 14.6 Å². The van der Waals surface area contributed by atoms with Crippen LogP contribution in [0.4, 0.5) is 0 Å². The number of hydrogen-bond donors (Lipinski definition) is 1. The lowest BCUT2D eigenvalue weighted by Gasteiger charge is -2.24. The second-order valence-corrected chi connectivity index (χ2v) is 7.68. The van der Waals surface area contributed by atoms with Gasteiger partial charge in [-0.3, -0.25) is 0 Å². The first kappa shape index (κ1) is 18.2. The molecule has 1 aromatic heterocycles. The summed E-state index contributed by atoms with van der Waals surface area (Å²) in [6, 6.07) is 3.23. The highest BCUT2D eigenvalue weighted by Crippen LogP contribution is 2.20. The topological polar surface area (TPSA) is 65.8 Å². The number of hydrogen-bond acceptors (Lipinski definition) is 5. The summed E-state index contributed by atoms with van der Waals surface area (Å²) in [5.41, 5.74) is 0. The molecule has 0 fully saturated rings. The summed E-state index contributed by atoms with van der Waals surface area (Å²) < 4.78 is 32.3. The van der Waals surface area contributed by atoms with Crippen molar-refractivity contribution in [3.8, 4) is 0 Å². The molecule has 122 valence electrons. The van der Waals surface area contributed by atoms with Crippen molar-refractivity contribution in [2.75, 3.05) is 40.8 Å². The average Bonchev–Trinajstić information content (AvgIpc) is 2.83. The van der Waals surface area contributed by atoms with E-state index in [1.807, 2.05) is 32.8 Å². The molecule has 1 aromatic rings. The Morgan fingerprint density at radius 2 is 1.90 bits per heavy atom. The SMILES string of the molecule is CNCc1ccc(S(=O)(=O)N(CCN(C)C)CC(C)C)o1. The zero-order valence-electron chi connectivity index (χ0n) is 13.6. The number of sulfonamides is 1. The standard InChI is InChI=1S/C14H27N3O3S/c1-12(2)11-17(9-8-16(4)5)21(18,19)14-7-6-13(20-14)10-15-3/h6-7,12,15H,8-11H2,1-5H3. The maximum Gasteiger partial charge on any atom is 0.276 e. The van der Waals surface area contributed by atoms with E-state index >= 15 is 0 Å². The van der Waals surface area contributed by atoms with Crippen molar-refractivity contribution in [1.82, 2.24) is 14.5 Å². The predicted molar refractivity (Wildman–Crippen MR) is 83.6 cm³/mol. The monoisotopic (exact) mass is 317 g/mol. The van der Waals surface area contributed by atoms with Crippen LogP contribution in [0, 0.1) is 5.92 Å².